The van der Waals surface area contributed by atoms with Crippen molar-refractivity contribution in [3.8, 4) is 0 Å². The third-order valence-electron chi connectivity index (χ3n) is 3.58. The Morgan fingerprint density at radius 2 is 2.00 bits per heavy atom. The molecule has 0 aliphatic heterocycles. The summed E-state index contributed by atoms with van der Waals surface area (Å²) in [7, 11) is 0. The molecule has 102 valence electrons. The minimum Gasteiger partial charge on any atom is -0.481 e. The number of aromatic nitrogens is 1. The predicted octanol–water partition coefficient (Wildman–Crippen LogP) is 2.22. The first-order valence-corrected chi connectivity index (χ1v) is 6.54. The van der Waals surface area contributed by atoms with E-state index in [2.05, 4.69) is 10.3 Å². The van der Waals surface area contributed by atoms with Crippen LogP contribution in [-0.2, 0) is 9.59 Å². The third-order valence-corrected chi connectivity index (χ3v) is 3.58. The van der Waals surface area contributed by atoms with Crippen LogP contribution in [0.5, 0.6) is 0 Å². The van der Waals surface area contributed by atoms with E-state index < -0.39 is 17.8 Å². The second kappa shape index (κ2) is 5.82. The molecule has 0 bridgehead atoms. The molecule has 1 amide bonds. The zero-order chi connectivity index (χ0) is 13.8. The van der Waals surface area contributed by atoms with Gasteiger partial charge in [-0.05, 0) is 31.9 Å². The lowest BCUT2D eigenvalue weighted by molar-refractivity contribution is -0.147. The summed E-state index contributed by atoms with van der Waals surface area (Å²) in [5, 5.41) is 12.0. The summed E-state index contributed by atoms with van der Waals surface area (Å²) in [6.07, 6.45) is 4.66. The van der Waals surface area contributed by atoms with Crippen LogP contribution in [0.25, 0.3) is 0 Å². The minimum absolute atomic E-state index is 0.197. The van der Waals surface area contributed by atoms with Gasteiger partial charge in [-0.25, -0.2) is 0 Å². The van der Waals surface area contributed by atoms with Crippen molar-refractivity contribution in [2.45, 2.75) is 32.6 Å². The number of amides is 1. The standard InChI is InChI=1S/C14H18N2O3/c1-9-8-10(6-7-15-9)16-13(17)11-4-2-3-5-12(11)14(18)19/h6-8,11-12H,2-5H2,1H3,(H,18,19)(H,15,16,17)/t11-,12+/m1/s1. The zero-order valence-electron chi connectivity index (χ0n) is 10.9. The van der Waals surface area contributed by atoms with E-state index in [1.807, 2.05) is 6.92 Å². The van der Waals surface area contributed by atoms with E-state index in [-0.39, 0.29) is 5.91 Å². The molecular weight excluding hydrogens is 244 g/mol. The van der Waals surface area contributed by atoms with Gasteiger partial charge in [0, 0.05) is 17.6 Å². The molecule has 2 N–H and O–H groups in total. The first kappa shape index (κ1) is 13.5. The molecule has 1 aliphatic rings. The van der Waals surface area contributed by atoms with Crippen LogP contribution in [0.3, 0.4) is 0 Å². The van der Waals surface area contributed by atoms with E-state index in [0.29, 0.717) is 18.5 Å². The average molecular weight is 262 g/mol. The lowest BCUT2D eigenvalue weighted by Gasteiger charge is -2.27. The number of carboxylic acids is 1. The zero-order valence-corrected chi connectivity index (χ0v) is 10.9. The van der Waals surface area contributed by atoms with E-state index in [1.54, 1.807) is 18.3 Å². The molecule has 0 aromatic carbocycles. The maximum atomic E-state index is 12.2. The highest BCUT2D eigenvalue weighted by atomic mass is 16.4. The Hall–Kier alpha value is -1.91. The second-order valence-corrected chi connectivity index (χ2v) is 5.01. The van der Waals surface area contributed by atoms with Gasteiger partial charge in [0.15, 0.2) is 0 Å². The summed E-state index contributed by atoms with van der Waals surface area (Å²) < 4.78 is 0. The molecule has 1 fully saturated rings. The molecule has 1 aliphatic carbocycles. The highest BCUT2D eigenvalue weighted by molar-refractivity contribution is 5.95. The van der Waals surface area contributed by atoms with Crippen molar-refractivity contribution in [2.24, 2.45) is 11.8 Å². The molecule has 2 rings (SSSR count). The van der Waals surface area contributed by atoms with E-state index in [4.69, 9.17) is 0 Å². The number of carbonyl (C=O) groups is 2. The SMILES string of the molecule is Cc1cc(NC(=O)[C@@H]2CCCC[C@@H]2C(=O)O)ccn1. The molecule has 5 heteroatoms. The first-order chi connectivity index (χ1) is 9.08. The maximum absolute atomic E-state index is 12.2. The lowest BCUT2D eigenvalue weighted by atomic mass is 9.78. The molecule has 0 radical (unpaired) electrons. The van der Waals surface area contributed by atoms with Gasteiger partial charge in [-0.2, -0.15) is 0 Å². The van der Waals surface area contributed by atoms with Crippen molar-refractivity contribution < 1.29 is 14.7 Å². The van der Waals surface area contributed by atoms with E-state index in [0.717, 1.165) is 18.5 Å². The minimum atomic E-state index is -0.870. The Labute approximate surface area is 112 Å². The molecule has 1 aromatic rings. The molecule has 1 aromatic heterocycles. The van der Waals surface area contributed by atoms with Gasteiger partial charge in [-0.3, -0.25) is 14.6 Å². The van der Waals surface area contributed by atoms with Crippen molar-refractivity contribution in [1.82, 2.24) is 4.98 Å². The Bertz CT molecular complexity index is 487. The quantitative estimate of drug-likeness (QED) is 0.875. The summed E-state index contributed by atoms with van der Waals surface area (Å²) in [6, 6.07) is 3.49. The van der Waals surface area contributed by atoms with Crippen molar-refractivity contribution in [3.63, 3.8) is 0 Å². The van der Waals surface area contributed by atoms with Gasteiger partial charge in [0.25, 0.3) is 0 Å². The number of aryl methyl sites for hydroxylation is 1. The summed E-state index contributed by atoms with van der Waals surface area (Å²) in [5.41, 5.74) is 1.49. The summed E-state index contributed by atoms with van der Waals surface area (Å²) in [4.78, 5) is 27.4. The van der Waals surface area contributed by atoms with Crippen LogP contribution >= 0.6 is 0 Å². The summed E-state index contributed by atoms with van der Waals surface area (Å²) in [5.74, 6) is -2.06. The van der Waals surface area contributed by atoms with Gasteiger partial charge in [-0.1, -0.05) is 12.8 Å². The molecule has 19 heavy (non-hydrogen) atoms. The molecule has 5 nitrogen and oxygen atoms in total. The third kappa shape index (κ3) is 3.30. The average Bonchev–Trinajstić information content (AvgIpc) is 2.38. The van der Waals surface area contributed by atoms with Gasteiger partial charge >= 0.3 is 5.97 Å². The fourth-order valence-corrected chi connectivity index (χ4v) is 2.60. The van der Waals surface area contributed by atoms with Gasteiger partial charge in [-0.15, -0.1) is 0 Å². The highest BCUT2D eigenvalue weighted by Crippen LogP contribution is 2.31. The van der Waals surface area contributed by atoms with Crippen molar-refractivity contribution in [2.75, 3.05) is 5.32 Å². The number of nitrogens with zero attached hydrogens (tertiary/aromatic N) is 1. The number of aliphatic carboxylic acids is 1. The monoisotopic (exact) mass is 262 g/mol. The number of hydrogen-bond acceptors (Lipinski definition) is 3. The van der Waals surface area contributed by atoms with Crippen LogP contribution in [0.4, 0.5) is 5.69 Å². The Morgan fingerprint density at radius 3 is 2.63 bits per heavy atom. The number of rotatable bonds is 3. The predicted molar refractivity (Wildman–Crippen MR) is 70.7 cm³/mol. The number of pyridine rings is 1. The van der Waals surface area contributed by atoms with Crippen molar-refractivity contribution >= 4 is 17.6 Å². The van der Waals surface area contributed by atoms with Crippen LogP contribution in [0.2, 0.25) is 0 Å². The fraction of sp³-hybridized carbons (Fsp3) is 0.500. The van der Waals surface area contributed by atoms with E-state index in [1.165, 1.54) is 0 Å². The van der Waals surface area contributed by atoms with Crippen LogP contribution in [0.1, 0.15) is 31.4 Å². The van der Waals surface area contributed by atoms with Crippen LogP contribution in [-0.4, -0.2) is 22.0 Å². The fourth-order valence-electron chi connectivity index (χ4n) is 2.60. The van der Waals surface area contributed by atoms with Crippen LogP contribution < -0.4 is 5.32 Å². The molecule has 1 saturated carbocycles. The summed E-state index contributed by atoms with van der Waals surface area (Å²) in [6.45, 7) is 1.84. The van der Waals surface area contributed by atoms with Crippen molar-refractivity contribution in [3.05, 3.63) is 24.0 Å². The molecular formula is C14H18N2O3. The Morgan fingerprint density at radius 1 is 1.32 bits per heavy atom. The molecule has 1 heterocycles. The van der Waals surface area contributed by atoms with Crippen LogP contribution in [0.15, 0.2) is 18.3 Å². The number of anilines is 1. The maximum Gasteiger partial charge on any atom is 0.307 e. The number of nitrogens with one attached hydrogen (secondary N) is 1. The van der Waals surface area contributed by atoms with Gasteiger partial charge in [0.05, 0.1) is 11.8 Å². The molecule has 0 saturated heterocycles. The molecule has 0 unspecified atom stereocenters. The van der Waals surface area contributed by atoms with Crippen molar-refractivity contribution in [1.29, 1.82) is 0 Å². The first-order valence-electron chi connectivity index (χ1n) is 6.54. The topological polar surface area (TPSA) is 79.3 Å². The lowest BCUT2D eigenvalue weighted by Crippen LogP contribution is -2.36. The Kier molecular flexibility index (Phi) is 4.14. The Balaban J connectivity index is 2.07. The molecule has 0 spiro atoms. The number of carbonyl (C=O) groups excluding carboxylic acids is 1. The summed E-state index contributed by atoms with van der Waals surface area (Å²) >= 11 is 0. The largest absolute Gasteiger partial charge is 0.481 e. The van der Waals surface area contributed by atoms with Gasteiger partial charge in [0.1, 0.15) is 0 Å². The van der Waals surface area contributed by atoms with E-state index >= 15 is 0 Å². The number of carboxylic acid groups (broad SMARTS) is 1. The number of hydrogen-bond donors (Lipinski definition) is 2. The highest BCUT2D eigenvalue weighted by Gasteiger charge is 2.35. The second-order valence-electron chi connectivity index (χ2n) is 5.01. The normalized spacial score (nSPS) is 22.8. The van der Waals surface area contributed by atoms with Gasteiger partial charge < -0.3 is 10.4 Å². The van der Waals surface area contributed by atoms with Crippen LogP contribution in [0, 0.1) is 18.8 Å². The van der Waals surface area contributed by atoms with E-state index in [9.17, 15) is 14.7 Å². The smallest absolute Gasteiger partial charge is 0.307 e. The van der Waals surface area contributed by atoms with Gasteiger partial charge in [0.2, 0.25) is 5.91 Å². The molecule has 2 atom stereocenters.